The van der Waals surface area contributed by atoms with Crippen LogP contribution in [0.2, 0.25) is 0 Å². The quantitative estimate of drug-likeness (QED) is 0.798. The highest BCUT2D eigenvalue weighted by Crippen LogP contribution is 2.02. The van der Waals surface area contributed by atoms with Crippen LogP contribution in [0.5, 0.6) is 0 Å². The molecule has 2 rings (SSSR count). The summed E-state index contributed by atoms with van der Waals surface area (Å²) in [5.74, 6) is -0.121. The molecule has 1 heterocycles. The van der Waals surface area contributed by atoms with Crippen molar-refractivity contribution in [2.45, 2.75) is 6.61 Å². The molecule has 0 radical (unpaired) electrons. The van der Waals surface area contributed by atoms with Crippen molar-refractivity contribution in [2.75, 3.05) is 5.73 Å². The lowest BCUT2D eigenvalue weighted by Gasteiger charge is -2.05. The van der Waals surface area contributed by atoms with Crippen molar-refractivity contribution >= 4 is 11.7 Å². The van der Waals surface area contributed by atoms with Crippen molar-refractivity contribution in [1.29, 1.82) is 0 Å². The number of nitrogen functional groups attached to an aromatic ring is 1. The Morgan fingerprint density at radius 2 is 1.94 bits per heavy atom. The van der Waals surface area contributed by atoms with E-state index >= 15 is 0 Å². The van der Waals surface area contributed by atoms with Gasteiger partial charge in [0.05, 0.1) is 6.61 Å². The number of nitrogens with one attached hydrogen (secondary N) is 1. The van der Waals surface area contributed by atoms with Gasteiger partial charge in [0, 0.05) is 0 Å². The van der Waals surface area contributed by atoms with Crippen LogP contribution in [0.15, 0.2) is 48.5 Å². The Bertz CT molecular complexity index is 529. The van der Waals surface area contributed by atoms with Crippen LogP contribution in [0.1, 0.15) is 16.1 Å². The lowest BCUT2D eigenvalue weighted by atomic mass is 10.2. The molecule has 0 unspecified atom stereocenters. The van der Waals surface area contributed by atoms with Gasteiger partial charge in [-0.3, -0.25) is 9.63 Å². The number of carbonyl (C=O) groups is 1. The zero-order valence-electron chi connectivity index (χ0n) is 9.67. The van der Waals surface area contributed by atoms with Crippen LogP contribution in [0.4, 0.5) is 5.82 Å². The van der Waals surface area contributed by atoms with E-state index in [1.807, 2.05) is 30.3 Å². The molecule has 0 spiro atoms. The molecule has 0 aliphatic rings. The average Bonchev–Trinajstić information content (AvgIpc) is 2.40. The number of carbonyl (C=O) groups excluding carboxylic acids is 1. The number of benzene rings is 1. The molecule has 0 aliphatic carbocycles. The van der Waals surface area contributed by atoms with Gasteiger partial charge in [-0.1, -0.05) is 36.4 Å². The number of hydroxylamine groups is 1. The van der Waals surface area contributed by atoms with Crippen molar-refractivity contribution < 1.29 is 9.63 Å². The number of rotatable bonds is 4. The molecule has 92 valence electrons. The van der Waals surface area contributed by atoms with E-state index in [4.69, 9.17) is 10.6 Å². The van der Waals surface area contributed by atoms with E-state index in [1.54, 1.807) is 18.2 Å². The van der Waals surface area contributed by atoms with Crippen LogP contribution in [-0.2, 0) is 11.4 Å². The smallest absolute Gasteiger partial charge is 0.293 e. The fourth-order valence-electron chi connectivity index (χ4n) is 1.39. The zero-order valence-corrected chi connectivity index (χ0v) is 9.67. The predicted octanol–water partition coefficient (Wildman–Crippen LogP) is 1.53. The maximum atomic E-state index is 11.6. The Morgan fingerprint density at radius 3 is 2.67 bits per heavy atom. The minimum atomic E-state index is -0.418. The minimum Gasteiger partial charge on any atom is -0.384 e. The van der Waals surface area contributed by atoms with Crippen LogP contribution >= 0.6 is 0 Å². The van der Waals surface area contributed by atoms with Crippen LogP contribution in [0, 0.1) is 0 Å². The normalized spacial score (nSPS) is 10.0. The molecule has 3 N–H and O–H groups in total. The molecule has 1 amide bonds. The highest BCUT2D eigenvalue weighted by Gasteiger charge is 2.06. The lowest BCUT2D eigenvalue weighted by molar-refractivity contribution is 0.0229. The van der Waals surface area contributed by atoms with Gasteiger partial charge in [-0.05, 0) is 17.7 Å². The summed E-state index contributed by atoms with van der Waals surface area (Å²) in [5, 5.41) is 0. The highest BCUT2D eigenvalue weighted by atomic mass is 16.6. The Kier molecular flexibility index (Phi) is 3.88. The Morgan fingerprint density at radius 1 is 1.17 bits per heavy atom. The van der Waals surface area contributed by atoms with Crippen molar-refractivity contribution in [3.05, 3.63) is 59.8 Å². The number of anilines is 1. The third-order valence-electron chi connectivity index (χ3n) is 2.25. The molecule has 2 aromatic rings. The van der Waals surface area contributed by atoms with Crippen molar-refractivity contribution in [2.24, 2.45) is 0 Å². The van der Waals surface area contributed by atoms with Crippen molar-refractivity contribution in [3.8, 4) is 0 Å². The van der Waals surface area contributed by atoms with E-state index in [0.717, 1.165) is 5.56 Å². The molecule has 5 heteroatoms. The lowest BCUT2D eigenvalue weighted by Crippen LogP contribution is -2.24. The van der Waals surface area contributed by atoms with E-state index in [9.17, 15) is 4.79 Å². The Balaban J connectivity index is 1.86. The van der Waals surface area contributed by atoms with Gasteiger partial charge in [0.1, 0.15) is 11.5 Å². The molecule has 0 saturated carbocycles. The number of amides is 1. The van der Waals surface area contributed by atoms with Gasteiger partial charge in [-0.25, -0.2) is 10.5 Å². The minimum absolute atomic E-state index is 0.225. The standard InChI is InChI=1S/C13H13N3O2/c14-12-8-4-7-11(15-12)13(17)16-18-9-10-5-2-1-3-6-10/h1-8H,9H2,(H2,14,15)(H,16,17). The van der Waals surface area contributed by atoms with Gasteiger partial charge < -0.3 is 5.73 Å². The van der Waals surface area contributed by atoms with Crippen LogP contribution in [0.25, 0.3) is 0 Å². The monoisotopic (exact) mass is 243 g/mol. The molecule has 0 bridgehead atoms. The second-order valence-electron chi connectivity index (χ2n) is 3.65. The average molecular weight is 243 g/mol. The third kappa shape index (κ3) is 3.29. The fourth-order valence-corrected chi connectivity index (χ4v) is 1.39. The van der Waals surface area contributed by atoms with E-state index < -0.39 is 5.91 Å². The zero-order chi connectivity index (χ0) is 12.8. The summed E-state index contributed by atoms with van der Waals surface area (Å²) in [6, 6.07) is 14.4. The topological polar surface area (TPSA) is 77.2 Å². The van der Waals surface area contributed by atoms with E-state index in [-0.39, 0.29) is 5.69 Å². The summed E-state index contributed by atoms with van der Waals surface area (Å²) in [6.07, 6.45) is 0. The number of pyridine rings is 1. The molecule has 1 aromatic heterocycles. The van der Waals surface area contributed by atoms with E-state index in [0.29, 0.717) is 12.4 Å². The fraction of sp³-hybridized carbons (Fsp3) is 0.0769. The molecule has 0 saturated heterocycles. The molecule has 18 heavy (non-hydrogen) atoms. The maximum absolute atomic E-state index is 11.6. The number of hydrogen-bond donors (Lipinski definition) is 2. The van der Waals surface area contributed by atoms with Crippen molar-refractivity contribution in [3.63, 3.8) is 0 Å². The van der Waals surface area contributed by atoms with Gasteiger partial charge in [-0.15, -0.1) is 0 Å². The summed E-state index contributed by atoms with van der Waals surface area (Å²) in [7, 11) is 0. The molecule has 0 fully saturated rings. The third-order valence-corrected chi connectivity index (χ3v) is 2.25. The summed E-state index contributed by atoms with van der Waals surface area (Å²) < 4.78 is 0. The summed E-state index contributed by atoms with van der Waals surface area (Å²) >= 11 is 0. The Labute approximate surface area is 105 Å². The molecule has 1 aromatic carbocycles. The maximum Gasteiger partial charge on any atom is 0.293 e. The van der Waals surface area contributed by atoms with Crippen LogP contribution in [0.3, 0.4) is 0 Å². The van der Waals surface area contributed by atoms with Gasteiger partial charge in [0.25, 0.3) is 5.91 Å². The first kappa shape index (κ1) is 12.1. The SMILES string of the molecule is Nc1cccc(C(=O)NOCc2ccccc2)n1. The molecular formula is C13H13N3O2. The van der Waals surface area contributed by atoms with Crippen LogP contribution < -0.4 is 11.2 Å². The summed E-state index contributed by atoms with van der Waals surface area (Å²) in [6.45, 7) is 0.300. The molecule has 0 aliphatic heterocycles. The van der Waals surface area contributed by atoms with Gasteiger partial charge in [-0.2, -0.15) is 0 Å². The molecular weight excluding hydrogens is 230 g/mol. The van der Waals surface area contributed by atoms with Crippen LogP contribution in [-0.4, -0.2) is 10.9 Å². The number of hydrogen-bond acceptors (Lipinski definition) is 4. The first-order valence-corrected chi connectivity index (χ1v) is 5.44. The molecule has 5 nitrogen and oxygen atoms in total. The number of nitrogens with zero attached hydrogens (tertiary/aromatic N) is 1. The van der Waals surface area contributed by atoms with Gasteiger partial charge >= 0.3 is 0 Å². The molecule has 0 atom stereocenters. The summed E-state index contributed by atoms with van der Waals surface area (Å²) in [4.78, 5) is 20.6. The second-order valence-corrected chi connectivity index (χ2v) is 3.65. The second kappa shape index (κ2) is 5.79. The summed E-state index contributed by atoms with van der Waals surface area (Å²) in [5.41, 5.74) is 9.00. The van der Waals surface area contributed by atoms with Gasteiger partial charge in [0.15, 0.2) is 0 Å². The van der Waals surface area contributed by atoms with Crippen molar-refractivity contribution in [1.82, 2.24) is 10.5 Å². The largest absolute Gasteiger partial charge is 0.384 e. The van der Waals surface area contributed by atoms with Gasteiger partial charge in [0.2, 0.25) is 0 Å². The predicted molar refractivity (Wildman–Crippen MR) is 67.3 cm³/mol. The van der Waals surface area contributed by atoms with E-state index in [2.05, 4.69) is 10.5 Å². The first-order chi connectivity index (χ1) is 8.75. The van der Waals surface area contributed by atoms with E-state index in [1.165, 1.54) is 0 Å². The Hall–Kier alpha value is -2.40. The number of aromatic nitrogens is 1. The number of nitrogens with two attached hydrogens (primary N) is 1. The first-order valence-electron chi connectivity index (χ1n) is 5.44. The highest BCUT2D eigenvalue weighted by molar-refractivity contribution is 5.91.